The van der Waals surface area contributed by atoms with Gasteiger partial charge in [-0.05, 0) is 23.6 Å². The molecule has 0 aromatic heterocycles. The van der Waals surface area contributed by atoms with E-state index >= 15 is 0 Å². The van der Waals surface area contributed by atoms with Crippen LogP contribution in [0.5, 0.6) is 0 Å². The average molecular weight is 413 g/mol. The second-order valence-corrected chi connectivity index (χ2v) is 15.7. The topological polar surface area (TPSA) is 36.1 Å². The highest BCUT2D eigenvalue weighted by molar-refractivity contribution is 8.12. The number of nitrogens with zero attached hydrogens (tertiary/aromatic N) is 4. The second-order valence-electron chi connectivity index (χ2n) is 6.33. The smallest absolute Gasteiger partial charge is 0.143 e. The van der Waals surface area contributed by atoms with Crippen molar-refractivity contribution in [1.29, 1.82) is 0 Å². The van der Waals surface area contributed by atoms with Crippen molar-refractivity contribution in [1.82, 2.24) is 28.9 Å². The molecule has 23 heavy (non-hydrogen) atoms. The van der Waals surface area contributed by atoms with E-state index in [4.69, 9.17) is 23.6 Å². The molecular weight excluding hydrogens is 386 g/mol. The summed E-state index contributed by atoms with van der Waals surface area (Å²) in [7, 11) is 0. The van der Waals surface area contributed by atoms with Gasteiger partial charge in [0.2, 0.25) is 0 Å². The van der Waals surface area contributed by atoms with Crippen LogP contribution in [0.4, 0.5) is 0 Å². The molecule has 0 radical (unpaired) electrons. The monoisotopic (exact) mass is 412 g/mol. The van der Waals surface area contributed by atoms with E-state index < -0.39 is 13.0 Å². The fourth-order valence-corrected chi connectivity index (χ4v) is 11.0. The third-order valence-electron chi connectivity index (χ3n) is 4.36. The van der Waals surface area contributed by atoms with Crippen LogP contribution in [0.25, 0.3) is 0 Å². The van der Waals surface area contributed by atoms with Gasteiger partial charge < -0.3 is 0 Å². The largest absolute Gasteiger partial charge is 0.264 e. The predicted molar refractivity (Wildman–Crippen MR) is 108 cm³/mol. The van der Waals surface area contributed by atoms with E-state index in [0.717, 1.165) is 24.6 Å². The number of hydrogen-bond donors (Lipinski definition) is 2. The second kappa shape index (κ2) is 7.20. The Morgan fingerprint density at radius 3 is 1.22 bits per heavy atom. The van der Waals surface area contributed by atoms with Crippen molar-refractivity contribution >= 4 is 48.4 Å². The predicted octanol–water partition coefficient (Wildman–Crippen LogP) is 0.610. The lowest BCUT2D eigenvalue weighted by Crippen LogP contribution is -2.24. The Morgan fingerprint density at radius 1 is 0.652 bits per heavy atom. The fraction of sp³-hybridized carbons (Fsp3) is 1.00. The summed E-state index contributed by atoms with van der Waals surface area (Å²) in [6.07, 6.45) is 0. The number of rotatable bonds is 12. The zero-order chi connectivity index (χ0) is 15.9. The van der Waals surface area contributed by atoms with Crippen LogP contribution in [-0.2, 0) is 23.6 Å². The van der Waals surface area contributed by atoms with Gasteiger partial charge in [0.25, 0.3) is 0 Å². The molecule has 0 aromatic rings. The zero-order valence-corrected chi connectivity index (χ0v) is 17.6. The van der Waals surface area contributed by atoms with Gasteiger partial charge in [-0.15, -0.1) is 0 Å². The van der Waals surface area contributed by atoms with Crippen molar-refractivity contribution in [2.45, 2.75) is 0 Å². The lowest BCUT2D eigenvalue weighted by molar-refractivity contribution is 0.749. The maximum absolute atomic E-state index is 5.91. The van der Waals surface area contributed by atoms with E-state index in [2.05, 4.69) is 28.9 Å². The molecule has 0 unspecified atom stereocenters. The third kappa shape index (κ3) is 4.40. The molecule has 2 N–H and O–H groups in total. The summed E-state index contributed by atoms with van der Waals surface area (Å²) in [6.45, 7) is 8.51. The zero-order valence-electron chi connectivity index (χ0n) is 13.4. The van der Waals surface area contributed by atoms with Crippen LogP contribution in [0.1, 0.15) is 0 Å². The molecule has 4 saturated heterocycles. The molecule has 0 bridgehead atoms. The summed E-state index contributed by atoms with van der Waals surface area (Å²) in [5.74, 6) is 2.27. The van der Waals surface area contributed by atoms with Gasteiger partial charge in [0.05, 0.1) is 0 Å². The van der Waals surface area contributed by atoms with Crippen molar-refractivity contribution in [2.75, 3.05) is 77.0 Å². The lowest BCUT2D eigenvalue weighted by Gasteiger charge is -2.26. The third-order valence-corrected chi connectivity index (χ3v) is 14.8. The van der Waals surface area contributed by atoms with Gasteiger partial charge >= 0.3 is 0 Å². The van der Waals surface area contributed by atoms with E-state index in [1.165, 1.54) is 52.4 Å². The average Bonchev–Trinajstić information content (AvgIpc) is 3.45. The number of hydrogen-bond acceptors (Lipinski definition) is 3. The Bertz CT molecular complexity index is 455. The van der Waals surface area contributed by atoms with Gasteiger partial charge in [-0.2, -0.15) is 11.8 Å². The van der Waals surface area contributed by atoms with E-state index in [1.807, 2.05) is 11.8 Å². The SMILES string of the molecule is S=P(NCCSCCNP(=S)(N1CC1)N1CC1)(N1CC1)N1CC1. The summed E-state index contributed by atoms with van der Waals surface area (Å²) in [5, 5.41) is 7.38. The first kappa shape index (κ1) is 17.8. The van der Waals surface area contributed by atoms with Gasteiger partial charge in [0.1, 0.15) is 13.0 Å². The lowest BCUT2D eigenvalue weighted by atomic mass is 10.8. The van der Waals surface area contributed by atoms with E-state index in [0.29, 0.717) is 0 Å². The summed E-state index contributed by atoms with van der Waals surface area (Å²) in [4.78, 5) is 0. The van der Waals surface area contributed by atoms with E-state index in [-0.39, 0.29) is 0 Å². The minimum Gasteiger partial charge on any atom is -0.264 e. The van der Waals surface area contributed by atoms with E-state index in [9.17, 15) is 0 Å². The summed E-state index contributed by atoms with van der Waals surface area (Å²) < 4.78 is 9.80. The number of nitrogens with one attached hydrogen (secondary N) is 2. The maximum atomic E-state index is 5.91. The minimum absolute atomic E-state index is 1.03. The van der Waals surface area contributed by atoms with Gasteiger partial charge in [0.15, 0.2) is 0 Å². The summed E-state index contributed by atoms with van der Waals surface area (Å²) >= 11 is 13.8. The molecule has 0 aliphatic carbocycles. The molecule has 6 nitrogen and oxygen atoms in total. The highest BCUT2D eigenvalue weighted by Gasteiger charge is 2.44. The standard InChI is InChI=1S/C12H26N6P2S3/c21-19(15-3-4-15,16-5-6-16)13-1-11-23-12-2-14-20(22,17-7-8-17)18-9-10-18/h1-12H2,(H,13,21)(H,14,22). The molecule has 4 rings (SSSR count). The van der Waals surface area contributed by atoms with Crippen molar-refractivity contribution in [3.63, 3.8) is 0 Å². The first-order valence-electron chi connectivity index (χ1n) is 8.43. The van der Waals surface area contributed by atoms with Crippen LogP contribution >= 0.6 is 24.7 Å². The van der Waals surface area contributed by atoms with Crippen LogP contribution in [-0.4, -0.2) is 95.6 Å². The molecule has 0 saturated carbocycles. The van der Waals surface area contributed by atoms with Gasteiger partial charge in [-0.3, -0.25) is 10.2 Å². The molecular formula is C12H26N6P2S3. The Hall–Kier alpha value is 1.41. The highest BCUT2D eigenvalue weighted by atomic mass is 32.5. The molecule has 11 heteroatoms. The van der Waals surface area contributed by atoms with E-state index in [1.54, 1.807) is 0 Å². The van der Waals surface area contributed by atoms with Gasteiger partial charge in [0, 0.05) is 77.0 Å². The van der Waals surface area contributed by atoms with Crippen molar-refractivity contribution < 1.29 is 0 Å². The Balaban J connectivity index is 1.10. The first-order chi connectivity index (χ1) is 11.1. The molecule has 0 amide bonds. The van der Waals surface area contributed by atoms with Crippen LogP contribution in [0.15, 0.2) is 0 Å². The van der Waals surface area contributed by atoms with Crippen LogP contribution in [0, 0.1) is 0 Å². The summed E-state index contributed by atoms with van der Waals surface area (Å²) in [5.41, 5.74) is 0. The number of thioether (sulfide) groups is 1. The Labute approximate surface area is 154 Å². The van der Waals surface area contributed by atoms with Crippen LogP contribution < -0.4 is 10.2 Å². The van der Waals surface area contributed by atoms with Gasteiger partial charge in [-0.25, -0.2) is 18.7 Å². The van der Waals surface area contributed by atoms with Crippen molar-refractivity contribution in [3.8, 4) is 0 Å². The van der Waals surface area contributed by atoms with Gasteiger partial charge in [-0.1, -0.05) is 0 Å². The normalized spacial score (nSPS) is 25.7. The molecule has 0 aromatic carbocycles. The summed E-state index contributed by atoms with van der Waals surface area (Å²) in [6, 6.07) is 0. The molecule has 4 aliphatic heterocycles. The fourth-order valence-electron chi connectivity index (χ4n) is 2.65. The first-order valence-corrected chi connectivity index (χ1v) is 15.0. The highest BCUT2D eigenvalue weighted by Crippen LogP contribution is 2.57. The molecule has 4 fully saturated rings. The quantitative estimate of drug-likeness (QED) is 0.272. The molecule has 132 valence electrons. The molecule has 0 atom stereocenters. The Morgan fingerprint density at radius 2 is 0.957 bits per heavy atom. The molecule has 0 spiro atoms. The van der Waals surface area contributed by atoms with Crippen molar-refractivity contribution in [3.05, 3.63) is 0 Å². The molecule has 4 heterocycles. The maximum Gasteiger partial charge on any atom is 0.143 e. The van der Waals surface area contributed by atoms with Crippen LogP contribution in [0.2, 0.25) is 0 Å². The minimum atomic E-state index is -1.54. The van der Waals surface area contributed by atoms with Crippen molar-refractivity contribution in [2.24, 2.45) is 0 Å². The van der Waals surface area contributed by atoms with Crippen LogP contribution in [0.3, 0.4) is 0 Å². The molecule has 4 aliphatic rings. The Kier molecular flexibility index (Phi) is 5.57.